The van der Waals surface area contributed by atoms with Gasteiger partial charge in [-0.2, -0.15) is 0 Å². The molecular formula is C14H16N2O5. The van der Waals surface area contributed by atoms with Crippen LogP contribution in [-0.2, 0) is 9.59 Å². The first-order valence-electron chi connectivity index (χ1n) is 6.16. The molecule has 7 heteroatoms. The van der Waals surface area contributed by atoms with Crippen LogP contribution in [0.15, 0.2) is 30.3 Å². The van der Waals surface area contributed by atoms with Crippen LogP contribution in [0.1, 0.15) is 22.3 Å². The van der Waals surface area contributed by atoms with E-state index in [4.69, 9.17) is 15.9 Å². The lowest BCUT2D eigenvalue weighted by Gasteiger charge is -2.11. The number of amides is 2. The average Bonchev–Trinajstić information content (AvgIpc) is 2.45. The Morgan fingerprint density at radius 3 is 2.33 bits per heavy atom. The molecule has 0 heterocycles. The molecule has 1 rings (SSSR count). The fraction of sp³-hybridized carbons (Fsp3) is 0.214. The van der Waals surface area contributed by atoms with Gasteiger partial charge in [-0.25, -0.2) is 4.79 Å². The molecule has 0 bridgehead atoms. The SMILES string of the molecule is NC(=O)c1ccc(/C=C/C(=O)N[C@H](CCO)C(=O)O)cc1. The summed E-state index contributed by atoms with van der Waals surface area (Å²) in [6.07, 6.45) is 2.58. The first-order valence-corrected chi connectivity index (χ1v) is 6.16. The van der Waals surface area contributed by atoms with E-state index in [9.17, 15) is 14.4 Å². The highest BCUT2D eigenvalue weighted by atomic mass is 16.4. The molecule has 0 saturated carbocycles. The highest BCUT2D eigenvalue weighted by molar-refractivity contribution is 5.95. The number of nitrogens with one attached hydrogen (secondary N) is 1. The van der Waals surface area contributed by atoms with Gasteiger partial charge in [-0.05, 0) is 23.8 Å². The van der Waals surface area contributed by atoms with Crippen LogP contribution < -0.4 is 11.1 Å². The molecule has 112 valence electrons. The smallest absolute Gasteiger partial charge is 0.326 e. The third-order valence-corrected chi connectivity index (χ3v) is 2.65. The predicted molar refractivity (Wildman–Crippen MR) is 75.3 cm³/mol. The number of hydrogen-bond acceptors (Lipinski definition) is 4. The third-order valence-electron chi connectivity index (χ3n) is 2.65. The Bertz CT molecular complexity index is 551. The van der Waals surface area contributed by atoms with Crippen molar-refractivity contribution >= 4 is 23.9 Å². The van der Waals surface area contributed by atoms with E-state index in [1.807, 2.05) is 0 Å². The number of hydrogen-bond donors (Lipinski definition) is 4. The Hall–Kier alpha value is -2.67. The molecule has 0 aliphatic rings. The van der Waals surface area contributed by atoms with Crippen molar-refractivity contribution in [1.82, 2.24) is 5.32 Å². The lowest BCUT2D eigenvalue weighted by Crippen LogP contribution is -2.40. The number of carbonyl (C=O) groups is 3. The Kier molecular flexibility index (Phi) is 6.09. The molecule has 0 aliphatic carbocycles. The molecular weight excluding hydrogens is 276 g/mol. The minimum absolute atomic E-state index is 0.0672. The van der Waals surface area contributed by atoms with Crippen LogP contribution >= 0.6 is 0 Å². The fourth-order valence-electron chi connectivity index (χ4n) is 1.54. The van der Waals surface area contributed by atoms with Gasteiger partial charge in [-0.15, -0.1) is 0 Å². The highest BCUT2D eigenvalue weighted by Crippen LogP contribution is 2.05. The van der Waals surface area contributed by atoms with E-state index in [1.165, 1.54) is 24.3 Å². The number of carbonyl (C=O) groups excluding carboxylic acids is 2. The molecule has 0 fully saturated rings. The number of carboxylic acids is 1. The van der Waals surface area contributed by atoms with E-state index in [0.29, 0.717) is 11.1 Å². The lowest BCUT2D eigenvalue weighted by molar-refractivity contribution is -0.141. The Labute approximate surface area is 121 Å². The normalized spacial score (nSPS) is 12.0. The van der Waals surface area contributed by atoms with Crippen LogP contribution in [0.3, 0.4) is 0 Å². The first kappa shape index (κ1) is 16.4. The van der Waals surface area contributed by atoms with Crippen LogP contribution in [0.4, 0.5) is 0 Å². The second kappa shape index (κ2) is 7.81. The minimum atomic E-state index is -1.21. The number of carboxylic acid groups (broad SMARTS) is 1. The largest absolute Gasteiger partial charge is 0.480 e. The quantitative estimate of drug-likeness (QED) is 0.515. The van der Waals surface area contributed by atoms with Crippen LogP contribution in [-0.4, -0.2) is 40.6 Å². The summed E-state index contributed by atoms with van der Waals surface area (Å²) in [6.45, 7) is -0.338. The highest BCUT2D eigenvalue weighted by Gasteiger charge is 2.17. The molecule has 2 amide bonds. The topological polar surface area (TPSA) is 130 Å². The summed E-state index contributed by atoms with van der Waals surface area (Å²) in [5, 5.41) is 19.8. The summed E-state index contributed by atoms with van der Waals surface area (Å²) in [7, 11) is 0. The van der Waals surface area contributed by atoms with Crippen molar-refractivity contribution in [3.63, 3.8) is 0 Å². The molecule has 0 saturated heterocycles. The molecule has 1 atom stereocenters. The number of aliphatic carboxylic acids is 1. The zero-order valence-corrected chi connectivity index (χ0v) is 11.2. The number of primary amides is 1. The van der Waals surface area contributed by atoms with Crippen LogP contribution in [0.5, 0.6) is 0 Å². The van der Waals surface area contributed by atoms with Gasteiger partial charge in [0, 0.05) is 24.7 Å². The number of aliphatic hydroxyl groups excluding tert-OH is 1. The van der Waals surface area contributed by atoms with Crippen molar-refractivity contribution in [3.05, 3.63) is 41.5 Å². The lowest BCUT2D eigenvalue weighted by atomic mass is 10.1. The summed E-state index contributed by atoms with van der Waals surface area (Å²) in [4.78, 5) is 33.3. The molecule has 0 aromatic heterocycles. The molecule has 1 aromatic carbocycles. The molecule has 0 aliphatic heterocycles. The molecule has 5 N–H and O–H groups in total. The van der Waals surface area contributed by atoms with Crippen molar-refractivity contribution in [1.29, 1.82) is 0 Å². The van der Waals surface area contributed by atoms with Gasteiger partial charge in [-0.1, -0.05) is 12.1 Å². The summed E-state index contributed by atoms with van der Waals surface area (Å²) in [5.74, 6) is -2.34. The van der Waals surface area contributed by atoms with E-state index in [1.54, 1.807) is 12.1 Å². The van der Waals surface area contributed by atoms with Crippen LogP contribution in [0.2, 0.25) is 0 Å². The monoisotopic (exact) mass is 292 g/mol. The van der Waals surface area contributed by atoms with Crippen molar-refractivity contribution in [2.75, 3.05) is 6.61 Å². The van der Waals surface area contributed by atoms with E-state index in [0.717, 1.165) is 0 Å². The Morgan fingerprint density at radius 1 is 1.24 bits per heavy atom. The van der Waals surface area contributed by atoms with Gasteiger partial charge >= 0.3 is 5.97 Å². The summed E-state index contributed by atoms with van der Waals surface area (Å²) < 4.78 is 0. The predicted octanol–water partition coefficient (Wildman–Crippen LogP) is -0.250. The number of rotatable bonds is 7. The van der Waals surface area contributed by atoms with E-state index >= 15 is 0 Å². The van der Waals surface area contributed by atoms with Crippen LogP contribution in [0, 0.1) is 0 Å². The second-order valence-corrected chi connectivity index (χ2v) is 4.23. The maximum Gasteiger partial charge on any atom is 0.326 e. The maximum absolute atomic E-state index is 11.6. The summed E-state index contributed by atoms with van der Waals surface area (Å²) >= 11 is 0. The maximum atomic E-state index is 11.6. The number of benzene rings is 1. The second-order valence-electron chi connectivity index (χ2n) is 4.23. The van der Waals surface area contributed by atoms with E-state index < -0.39 is 23.8 Å². The zero-order chi connectivity index (χ0) is 15.8. The standard InChI is InChI=1S/C14H16N2O5/c15-13(19)10-4-1-9(2-5-10)3-6-12(18)16-11(7-8-17)14(20)21/h1-6,11,17H,7-8H2,(H2,15,19)(H,16,18)(H,20,21)/b6-3+/t11-/m1/s1. The molecule has 21 heavy (non-hydrogen) atoms. The van der Waals surface area contributed by atoms with E-state index in [2.05, 4.69) is 5.32 Å². The molecule has 1 aromatic rings. The fourth-order valence-corrected chi connectivity index (χ4v) is 1.54. The molecule has 7 nitrogen and oxygen atoms in total. The summed E-state index contributed by atoms with van der Waals surface area (Å²) in [5.41, 5.74) is 6.11. The summed E-state index contributed by atoms with van der Waals surface area (Å²) in [6, 6.07) is 5.11. The Balaban J connectivity index is 2.64. The van der Waals surface area contributed by atoms with Gasteiger partial charge in [0.2, 0.25) is 11.8 Å². The van der Waals surface area contributed by atoms with Crippen molar-refractivity contribution < 1.29 is 24.6 Å². The minimum Gasteiger partial charge on any atom is -0.480 e. The van der Waals surface area contributed by atoms with Gasteiger partial charge in [-0.3, -0.25) is 9.59 Å². The molecule has 0 spiro atoms. The van der Waals surface area contributed by atoms with Crippen molar-refractivity contribution in [2.24, 2.45) is 5.73 Å². The van der Waals surface area contributed by atoms with Gasteiger partial charge in [0.1, 0.15) is 6.04 Å². The average molecular weight is 292 g/mol. The Morgan fingerprint density at radius 2 is 1.86 bits per heavy atom. The molecule has 0 unspecified atom stereocenters. The number of aliphatic hydroxyl groups is 1. The number of nitrogens with two attached hydrogens (primary N) is 1. The van der Waals surface area contributed by atoms with Gasteiger partial charge in [0.05, 0.1) is 0 Å². The van der Waals surface area contributed by atoms with Crippen LogP contribution in [0.25, 0.3) is 6.08 Å². The van der Waals surface area contributed by atoms with Crippen molar-refractivity contribution in [2.45, 2.75) is 12.5 Å². The van der Waals surface area contributed by atoms with Gasteiger partial charge in [0.25, 0.3) is 0 Å². The third kappa shape index (κ3) is 5.45. The van der Waals surface area contributed by atoms with E-state index in [-0.39, 0.29) is 13.0 Å². The first-order chi connectivity index (χ1) is 9.93. The van der Waals surface area contributed by atoms with Gasteiger partial charge < -0.3 is 21.3 Å². The van der Waals surface area contributed by atoms with Gasteiger partial charge in [0.15, 0.2) is 0 Å². The zero-order valence-electron chi connectivity index (χ0n) is 11.2. The molecule has 0 radical (unpaired) electrons. The van der Waals surface area contributed by atoms with Crippen molar-refractivity contribution in [3.8, 4) is 0 Å².